The van der Waals surface area contributed by atoms with Crippen LogP contribution in [0.4, 0.5) is 0 Å². The summed E-state index contributed by atoms with van der Waals surface area (Å²) in [4.78, 5) is 24.0. The maximum atomic E-state index is 12.8. The Hall–Kier alpha value is -4.05. The number of H-pyrrole nitrogens is 1. The van der Waals surface area contributed by atoms with Crippen LogP contribution in [0.25, 0.3) is 22.5 Å². The lowest BCUT2D eigenvalue weighted by atomic mass is 9.98. The number of carbonyl (C=O) groups is 1. The van der Waals surface area contributed by atoms with Crippen molar-refractivity contribution in [2.24, 2.45) is 0 Å². The van der Waals surface area contributed by atoms with E-state index in [1.165, 1.54) is 4.68 Å². The van der Waals surface area contributed by atoms with Gasteiger partial charge in [0.2, 0.25) is 11.7 Å². The average molecular weight is 481 g/mol. The van der Waals surface area contributed by atoms with Crippen LogP contribution in [-0.4, -0.2) is 48.1 Å². The van der Waals surface area contributed by atoms with Gasteiger partial charge in [0.05, 0.1) is 25.1 Å². The van der Waals surface area contributed by atoms with Crippen molar-refractivity contribution >= 4 is 17.6 Å². The third-order valence-electron chi connectivity index (χ3n) is 5.04. The van der Waals surface area contributed by atoms with Gasteiger partial charge in [-0.05, 0) is 28.3 Å². The van der Waals surface area contributed by atoms with Gasteiger partial charge in [-0.2, -0.15) is 5.21 Å². The first kappa shape index (κ1) is 23.1. The van der Waals surface area contributed by atoms with Crippen LogP contribution in [0.15, 0.2) is 53.3 Å². The topological polar surface area (TPSA) is 136 Å². The summed E-state index contributed by atoms with van der Waals surface area (Å²) in [6.07, 6.45) is 0.243. The number of carboxylic acid groups (broad SMARTS) is 1. The summed E-state index contributed by atoms with van der Waals surface area (Å²) >= 11 is 6.23. The molecule has 0 aliphatic carbocycles. The summed E-state index contributed by atoms with van der Waals surface area (Å²) in [6, 6.07) is 15.3. The molecule has 0 fully saturated rings. The third-order valence-corrected chi connectivity index (χ3v) is 5.43. The van der Waals surface area contributed by atoms with E-state index in [4.69, 9.17) is 16.3 Å². The average Bonchev–Trinajstić information content (AvgIpc) is 3.38. The van der Waals surface area contributed by atoms with E-state index in [0.717, 1.165) is 22.3 Å². The second-order valence-corrected chi connectivity index (χ2v) is 7.84. The molecule has 0 bridgehead atoms. The monoisotopic (exact) mass is 480 g/mol. The highest BCUT2D eigenvalue weighted by Gasteiger charge is 2.20. The number of ether oxygens (including phenoxy) is 1. The molecule has 0 aliphatic heterocycles. The van der Waals surface area contributed by atoms with E-state index in [0.29, 0.717) is 18.9 Å². The van der Waals surface area contributed by atoms with Crippen molar-refractivity contribution in [3.63, 3.8) is 0 Å². The van der Waals surface area contributed by atoms with Crippen molar-refractivity contribution in [3.8, 4) is 28.4 Å². The molecule has 2 aromatic heterocycles. The van der Waals surface area contributed by atoms with Crippen LogP contribution in [0, 0.1) is 0 Å². The lowest BCUT2D eigenvalue weighted by molar-refractivity contribution is -0.136. The SMILES string of the molecule is CCCOc1nn(Cc2ccc(-c3ccccc3-c3nn[nH]n3)cc2)c(=O)c(Cl)c1CC(=O)O. The van der Waals surface area contributed by atoms with E-state index in [2.05, 4.69) is 25.7 Å². The lowest BCUT2D eigenvalue weighted by Gasteiger charge is -2.14. The first-order valence-corrected chi connectivity index (χ1v) is 10.9. The van der Waals surface area contributed by atoms with Gasteiger partial charge in [0, 0.05) is 5.56 Å². The van der Waals surface area contributed by atoms with Gasteiger partial charge < -0.3 is 9.84 Å². The largest absolute Gasteiger partial charge is 0.481 e. The number of benzene rings is 2. The van der Waals surface area contributed by atoms with E-state index in [1.807, 2.05) is 55.5 Å². The number of nitrogens with zero attached hydrogens (tertiary/aromatic N) is 5. The number of nitrogens with one attached hydrogen (secondary N) is 1. The fraction of sp³-hybridized carbons (Fsp3) is 0.217. The van der Waals surface area contributed by atoms with Crippen molar-refractivity contribution in [2.75, 3.05) is 6.61 Å². The molecule has 4 rings (SSSR count). The van der Waals surface area contributed by atoms with Gasteiger partial charge in [-0.3, -0.25) is 9.59 Å². The number of hydrogen-bond donors (Lipinski definition) is 2. The predicted molar refractivity (Wildman–Crippen MR) is 125 cm³/mol. The molecule has 2 aromatic carbocycles. The zero-order valence-electron chi connectivity index (χ0n) is 18.2. The van der Waals surface area contributed by atoms with Crippen LogP contribution in [0.2, 0.25) is 5.02 Å². The summed E-state index contributed by atoms with van der Waals surface area (Å²) in [5, 5.41) is 27.4. The van der Waals surface area contributed by atoms with E-state index < -0.39 is 17.9 Å². The molecule has 11 heteroatoms. The minimum atomic E-state index is -1.13. The summed E-state index contributed by atoms with van der Waals surface area (Å²) < 4.78 is 6.77. The molecule has 10 nitrogen and oxygen atoms in total. The number of aliphatic carboxylic acids is 1. The molecule has 2 N–H and O–H groups in total. The van der Waals surface area contributed by atoms with Crippen molar-refractivity contribution < 1.29 is 14.6 Å². The Balaban J connectivity index is 1.64. The van der Waals surface area contributed by atoms with E-state index in [9.17, 15) is 14.7 Å². The van der Waals surface area contributed by atoms with Crippen molar-refractivity contribution in [3.05, 3.63) is 75.0 Å². The van der Waals surface area contributed by atoms with Gasteiger partial charge >= 0.3 is 5.97 Å². The Labute approximate surface area is 199 Å². The third kappa shape index (κ3) is 4.96. The number of rotatable bonds is 9. The summed E-state index contributed by atoms with van der Waals surface area (Å²) in [5.74, 6) is -0.579. The Morgan fingerprint density at radius 1 is 1.15 bits per heavy atom. The molecule has 4 aromatic rings. The minimum absolute atomic E-state index is 0.0551. The van der Waals surface area contributed by atoms with Crippen LogP contribution < -0.4 is 10.3 Å². The molecule has 0 spiro atoms. The van der Waals surface area contributed by atoms with Crippen molar-refractivity contribution in [1.29, 1.82) is 0 Å². The zero-order valence-corrected chi connectivity index (χ0v) is 19.0. The molecule has 0 unspecified atom stereocenters. The predicted octanol–water partition coefficient (Wildman–Crippen LogP) is 3.21. The number of halogens is 1. The maximum Gasteiger partial charge on any atom is 0.308 e. The molecular formula is C23H21ClN6O4. The molecule has 34 heavy (non-hydrogen) atoms. The number of aromatic nitrogens is 6. The molecule has 0 saturated heterocycles. The van der Waals surface area contributed by atoms with Gasteiger partial charge in [-0.1, -0.05) is 67.1 Å². The highest BCUT2D eigenvalue weighted by Crippen LogP contribution is 2.30. The highest BCUT2D eigenvalue weighted by atomic mass is 35.5. The zero-order chi connectivity index (χ0) is 24.1. The first-order valence-electron chi connectivity index (χ1n) is 10.5. The van der Waals surface area contributed by atoms with Gasteiger partial charge in [0.1, 0.15) is 5.02 Å². The standard InChI is InChI=1S/C23H21ClN6O4/c1-2-11-34-22-18(12-19(31)32)20(24)23(33)30(27-22)13-14-7-9-15(10-8-14)16-5-3-4-6-17(16)21-25-28-29-26-21/h3-10H,2,11-13H2,1H3,(H,31,32)(H,25,26,28,29). The Morgan fingerprint density at radius 3 is 2.53 bits per heavy atom. The van der Waals surface area contributed by atoms with Gasteiger partial charge in [-0.15, -0.1) is 15.3 Å². The summed E-state index contributed by atoms with van der Waals surface area (Å²) in [5.41, 5.74) is 3.01. The number of aromatic amines is 1. The second kappa shape index (κ2) is 10.3. The van der Waals surface area contributed by atoms with Gasteiger partial charge in [0.25, 0.3) is 5.56 Å². The van der Waals surface area contributed by atoms with Crippen LogP contribution in [-0.2, 0) is 17.8 Å². The molecule has 0 aliphatic rings. The van der Waals surface area contributed by atoms with Crippen LogP contribution in [0.3, 0.4) is 0 Å². The molecular weight excluding hydrogens is 460 g/mol. The number of carboxylic acids is 1. The normalized spacial score (nSPS) is 10.9. The minimum Gasteiger partial charge on any atom is -0.481 e. The van der Waals surface area contributed by atoms with Gasteiger partial charge in [-0.25, -0.2) is 4.68 Å². The smallest absolute Gasteiger partial charge is 0.308 e. The van der Waals surface area contributed by atoms with Crippen molar-refractivity contribution in [1.82, 2.24) is 30.4 Å². The van der Waals surface area contributed by atoms with Crippen molar-refractivity contribution in [2.45, 2.75) is 26.3 Å². The highest BCUT2D eigenvalue weighted by molar-refractivity contribution is 6.31. The van der Waals surface area contributed by atoms with E-state index in [-0.39, 0.29) is 23.0 Å². The number of tetrazole rings is 1. The fourth-order valence-corrected chi connectivity index (χ4v) is 3.69. The Morgan fingerprint density at radius 2 is 1.88 bits per heavy atom. The van der Waals surface area contributed by atoms with Crippen LogP contribution in [0.1, 0.15) is 24.5 Å². The van der Waals surface area contributed by atoms with Gasteiger partial charge in [0.15, 0.2) is 0 Å². The molecule has 0 amide bonds. The van der Waals surface area contributed by atoms with Crippen LogP contribution >= 0.6 is 11.6 Å². The van der Waals surface area contributed by atoms with E-state index in [1.54, 1.807) is 0 Å². The Kier molecular flexibility index (Phi) is 6.98. The quantitative estimate of drug-likeness (QED) is 0.372. The first-order chi connectivity index (χ1) is 16.5. The molecule has 0 radical (unpaired) electrons. The molecule has 0 atom stereocenters. The van der Waals surface area contributed by atoms with E-state index >= 15 is 0 Å². The molecule has 2 heterocycles. The van der Waals surface area contributed by atoms with Crippen LogP contribution in [0.5, 0.6) is 5.88 Å². The lowest BCUT2D eigenvalue weighted by Crippen LogP contribution is -2.27. The Bertz CT molecular complexity index is 1350. The number of hydrogen-bond acceptors (Lipinski definition) is 7. The fourth-order valence-electron chi connectivity index (χ4n) is 3.45. The molecule has 0 saturated carbocycles. The summed E-state index contributed by atoms with van der Waals surface area (Å²) in [7, 11) is 0. The maximum absolute atomic E-state index is 12.8. The second-order valence-electron chi connectivity index (χ2n) is 7.46. The molecule has 174 valence electrons. The summed E-state index contributed by atoms with van der Waals surface area (Å²) in [6.45, 7) is 2.37.